The van der Waals surface area contributed by atoms with Crippen molar-refractivity contribution >= 4 is 0 Å². The molecule has 16 heavy (non-hydrogen) atoms. The van der Waals surface area contributed by atoms with Crippen LogP contribution in [0.25, 0.3) is 0 Å². The molecule has 2 fully saturated rings. The lowest BCUT2D eigenvalue weighted by Crippen LogP contribution is -2.43. The molecule has 2 heteroatoms. The van der Waals surface area contributed by atoms with Gasteiger partial charge < -0.3 is 0 Å². The van der Waals surface area contributed by atoms with Crippen molar-refractivity contribution in [1.82, 2.24) is 4.90 Å². The standard InChI is InChI=1S/C14H24N2/c1-12-6-8-14(9-7-12)16(11-10-15)13-4-2-3-5-13/h12-14H,2-9,11H2,1H3. The van der Waals surface area contributed by atoms with E-state index in [1.54, 1.807) is 0 Å². The largest absolute Gasteiger partial charge is 0.285 e. The topological polar surface area (TPSA) is 27.0 Å². The summed E-state index contributed by atoms with van der Waals surface area (Å²) in [5, 5.41) is 8.99. The van der Waals surface area contributed by atoms with Crippen molar-refractivity contribution in [3.05, 3.63) is 0 Å². The smallest absolute Gasteiger partial charge is 0.0870 e. The molecule has 0 radical (unpaired) electrons. The summed E-state index contributed by atoms with van der Waals surface area (Å²) in [5.41, 5.74) is 0. The first-order valence-corrected chi connectivity index (χ1v) is 6.94. The van der Waals surface area contributed by atoms with Gasteiger partial charge in [-0.05, 0) is 44.4 Å². The molecule has 2 nitrogen and oxygen atoms in total. The van der Waals surface area contributed by atoms with Crippen molar-refractivity contribution in [2.45, 2.75) is 70.4 Å². The zero-order chi connectivity index (χ0) is 11.4. The van der Waals surface area contributed by atoms with Gasteiger partial charge in [-0.3, -0.25) is 4.90 Å². The van der Waals surface area contributed by atoms with E-state index in [-0.39, 0.29) is 0 Å². The van der Waals surface area contributed by atoms with E-state index in [1.807, 2.05) is 0 Å². The highest BCUT2D eigenvalue weighted by molar-refractivity contribution is 4.90. The van der Waals surface area contributed by atoms with Crippen LogP contribution in [0.1, 0.15) is 58.3 Å². The second kappa shape index (κ2) is 5.68. The summed E-state index contributed by atoms with van der Waals surface area (Å²) in [4.78, 5) is 2.53. The molecule has 0 bridgehead atoms. The lowest BCUT2D eigenvalue weighted by molar-refractivity contribution is 0.110. The molecule has 0 aliphatic heterocycles. The van der Waals surface area contributed by atoms with Gasteiger partial charge >= 0.3 is 0 Å². The minimum absolute atomic E-state index is 0.656. The first-order valence-electron chi connectivity index (χ1n) is 6.94. The third-order valence-corrected chi connectivity index (χ3v) is 4.50. The molecule has 0 amide bonds. The van der Waals surface area contributed by atoms with Crippen LogP contribution in [-0.4, -0.2) is 23.5 Å². The van der Waals surface area contributed by atoms with E-state index in [0.29, 0.717) is 12.6 Å². The second-order valence-electron chi connectivity index (χ2n) is 5.68. The zero-order valence-corrected chi connectivity index (χ0v) is 10.5. The predicted molar refractivity (Wildman–Crippen MR) is 66.0 cm³/mol. The highest BCUT2D eigenvalue weighted by atomic mass is 15.2. The van der Waals surface area contributed by atoms with Crippen molar-refractivity contribution in [2.24, 2.45) is 5.92 Å². The number of rotatable bonds is 3. The van der Waals surface area contributed by atoms with Crippen LogP contribution in [0.15, 0.2) is 0 Å². The van der Waals surface area contributed by atoms with Gasteiger partial charge in [0.1, 0.15) is 0 Å². The first-order chi connectivity index (χ1) is 7.81. The van der Waals surface area contributed by atoms with Gasteiger partial charge in [-0.2, -0.15) is 5.26 Å². The maximum Gasteiger partial charge on any atom is 0.0870 e. The molecule has 0 aromatic carbocycles. The minimum atomic E-state index is 0.656. The summed E-state index contributed by atoms with van der Waals surface area (Å²) < 4.78 is 0. The lowest BCUT2D eigenvalue weighted by atomic mass is 9.86. The molecule has 0 aromatic rings. The molecule has 2 saturated carbocycles. The quantitative estimate of drug-likeness (QED) is 0.682. The van der Waals surface area contributed by atoms with E-state index < -0.39 is 0 Å². The molecule has 0 saturated heterocycles. The molecule has 90 valence electrons. The Kier molecular flexibility index (Phi) is 4.23. The molecule has 0 unspecified atom stereocenters. The normalized spacial score (nSPS) is 31.8. The number of nitriles is 1. The highest BCUT2D eigenvalue weighted by Crippen LogP contribution is 2.32. The van der Waals surface area contributed by atoms with Crippen LogP contribution in [0.3, 0.4) is 0 Å². The van der Waals surface area contributed by atoms with E-state index in [2.05, 4.69) is 17.9 Å². The summed E-state index contributed by atoms with van der Waals surface area (Å²) in [7, 11) is 0. The van der Waals surface area contributed by atoms with Gasteiger partial charge in [-0.25, -0.2) is 0 Å². The Morgan fingerprint density at radius 2 is 1.56 bits per heavy atom. The fraction of sp³-hybridized carbons (Fsp3) is 0.929. The fourth-order valence-corrected chi connectivity index (χ4v) is 3.45. The Morgan fingerprint density at radius 3 is 2.12 bits per heavy atom. The predicted octanol–water partition coefficient (Wildman–Crippen LogP) is 3.33. The zero-order valence-electron chi connectivity index (χ0n) is 10.5. The number of hydrogen-bond donors (Lipinski definition) is 0. The van der Waals surface area contributed by atoms with E-state index in [4.69, 9.17) is 5.26 Å². The highest BCUT2D eigenvalue weighted by Gasteiger charge is 2.30. The number of nitrogens with zero attached hydrogens (tertiary/aromatic N) is 2. The molecule has 0 spiro atoms. The van der Waals surface area contributed by atoms with Crippen molar-refractivity contribution in [2.75, 3.05) is 6.54 Å². The van der Waals surface area contributed by atoms with Crippen LogP contribution in [0, 0.1) is 17.2 Å². The Morgan fingerprint density at radius 1 is 1.00 bits per heavy atom. The van der Waals surface area contributed by atoms with Crippen molar-refractivity contribution in [1.29, 1.82) is 5.26 Å². The van der Waals surface area contributed by atoms with Crippen LogP contribution >= 0.6 is 0 Å². The average molecular weight is 220 g/mol. The van der Waals surface area contributed by atoms with Crippen LogP contribution in [0.2, 0.25) is 0 Å². The third kappa shape index (κ3) is 2.77. The van der Waals surface area contributed by atoms with E-state index in [1.165, 1.54) is 51.4 Å². The summed E-state index contributed by atoms with van der Waals surface area (Å²) in [6.07, 6.45) is 10.8. The summed E-state index contributed by atoms with van der Waals surface area (Å²) >= 11 is 0. The van der Waals surface area contributed by atoms with Crippen molar-refractivity contribution < 1.29 is 0 Å². The Balaban J connectivity index is 1.93. The van der Waals surface area contributed by atoms with Gasteiger partial charge in [0.25, 0.3) is 0 Å². The molecule has 2 rings (SSSR count). The van der Waals surface area contributed by atoms with Crippen LogP contribution in [-0.2, 0) is 0 Å². The first kappa shape index (κ1) is 11.9. The van der Waals surface area contributed by atoms with Crippen LogP contribution in [0.5, 0.6) is 0 Å². The Labute approximate surface area is 99.6 Å². The van der Waals surface area contributed by atoms with E-state index in [0.717, 1.165) is 12.0 Å². The second-order valence-corrected chi connectivity index (χ2v) is 5.68. The molecule has 2 aliphatic rings. The molecule has 0 heterocycles. The van der Waals surface area contributed by atoms with Gasteiger partial charge in [-0.15, -0.1) is 0 Å². The molecule has 0 aromatic heterocycles. The summed E-state index contributed by atoms with van der Waals surface area (Å²) in [6, 6.07) is 3.81. The molecule has 0 N–H and O–H groups in total. The van der Waals surface area contributed by atoms with Gasteiger partial charge in [-0.1, -0.05) is 19.8 Å². The van der Waals surface area contributed by atoms with Crippen molar-refractivity contribution in [3.63, 3.8) is 0 Å². The SMILES string of the molecule is CC1CCC(N(CC#N)C2CCCC2)CC1. The monoisotopic (exact) mass is 220 g/mol. The number of hydrogen-bond acceptors (Lipinski definition) is 2. The maximum atomic E-state index is 8.99. The maximum absolute atomic E-state index is 8.99. The Hall–Kier alpha value is -0.550. The van der Waals surface area contributed by atoms with E-state index in [9.17, 15) is 0 Å². The fourth-order valence-electron chi connectivity index (χ4n) is 3.45. The molecule has 2 aliphatic carbocycles. The lowest BCUT2D eigenvalue weighted by Gasteiger charge is -2.38. The van der Waals surface area contributed by atoms with Crippen molar-refractivity contribution in [3.8, 4) is 6.07 Å². The van der Waals surface area contributed by atoms with Gasteiger partial charge in [0.15, 0.2) is 0 Å². The van der Waals surface area contributed by atoms with E-state index >= 15 is 0 Å². The molecule has 0 atom stereocenters. The van der Waals surface area contributed by atoms with Crippen LogP contribution in [0.4, 0.5) is 0 Å². The minimum Gasteiger partial charge on any atom is -0.285 e. The van der Waals surface area contributed by atoms with Gasteiger partial charge in [0.05, 0.1) is 12.6 Å². The van der Waals surface area contributed by atoms with Gasteiger partial charge in [0, 0.05) is 12.1 Å². The van der Waals surface area contributed by atoms with Gasteiger partial charge in [0.2, 0.25) is 0 Å². The third-order valence-electron chi connectivity index (χ3n) is 4.50. The molecular weight excluding hydrogens is 196 g/mol. The van der Waals surface area contributed by atoms with Crippen LogP contribution < -0.4 is 0 Å². The summed E-state index contributed by atoms with van der Waals surface area (Å²) in [6.45, 7) is 3.02. The summed E-state index contributed by atoms with van der Waals surface area (Å²) in [5.74, 6) is 0.906. The average Bonchev–Trinajstić information content (AvgIpc) is 2.81. The molecular formula is C14H24N2. The Bertz CT molecular complexity index is 242.